The highest BCUT2D eigenvalue weighted by molar-refractivity contribution is 5.70. The van der Waals surface area contributed by atoms with Crippen LogP contribution in [0.2, 0.25) is 0 Å². The van der Waals surface area contributed by atoms with Crippen molar-refractivity contribution >= 4 is 17.1 Å². The van der Waals surface area contributed by atoms with Crippen molar-refractivity contribution in [1.29, 1.82) is 0 Å². The summed E-state index contributed by atoms with van der Waals surface area (Å²) in [4.78, 5) is 10.3. The second-order valence-electron chi connectivity index (χ2n) is 4.81. The second kappa shape index (κ2) is 5.21. The van der Waals surface area contributed by atoms with Crippen molar-refractivity contribution in [3.8, 4) is 0 Å². The van der Waals surface area contributed by atoms with E-state index in [1.807, 2.05) is 36.4 Å². The third-order valence-electron chi connectivity index (χ3n) is 3.51. The maximum Gasteiger partial charge on any atom is 0.269 e. The molecular formula is C15H15N3O2. The zero-order valence-corrected chi connectivity index (χ0v) is 10.9. The summed E-state index contributed by atoms with van der Waals surface area (Å²) in [5.41, 5.74) is 3.35. The van der Waals surface area contributed by atoms with Gasteiger partial charge in [-0.3, -0.25) is 10.1 Å². The largest absolute Gasteiger partial charge is 0.383 e. The minimum Gasteiger partial charge on any atom is -0.383 e. The molecule has 0 radical (unpaired) electrons. The van der Waals surface area contributed by atoms with E-state index in [0.717, 1.165) is 29.9 Å². The van der Waals surface area contributed by atoms with Gasteiger partial charge in [-0.25, -0.2) is 0 Å². The predicted molar refractivity (Wildman–Crippen MR) is 79.0 cm³/mol. The average Bonchev–Trinajstić information content (AvgIpc) is 2.69. The van der Waals surface area contributed by atoms with Crippen LogP contribution in [-0.2, 0) is 0 Å². The molecule has 2 N–H and O–H groups in total. The third kappa shape index (κ3) is 2.42. The molecule has 5 nitrogen and oxygen atoms in total. The molecule has 3 rings (SSSR count). The van der Waals surface area contributed by atoms with Crippen molar-refractivity contribution < 1.29 is 4.92 Å². The van der Waals surface area contributed by atoms with Crippen molar-refractivity contribution in [2.75, 3.05) is 17.2 Å². The number of hydrogen-bond donors (Lipinski definition) is 2. The van der Waals surface area contributed by atoms with Crippen LogP contribution in [0.25, 0.3) is 0 Å². The number of hydrogen-bond acceptors (Lipinski definition) is 4. The quantitative estimate of drug-likeness (QED) is 0.646. The zero-order chi connectivity index (χ0) is 13.9. The standard InChI is InChI=1S/C15H15N3O2/c19-18(20)12-7-5-11(6-8-12)13-9-10-16-14-3-1-2-4-15(14)17-13/h1-8,13,16-17H,9-10H2. The highest BCUT2D eigenvalue weighted by Crippen LogP contribution is 2.31. The van der Waals surface area contributed by atoms with Crippen LogP contribution >= 0.6 is 0 Å². The molecule has 1 atom stereocenters. The first kappa shape index (κ1) is 12.5. The van der Waals surface area contributed by atoms with E-state index in [4.69, 9.17) is 0 Å². The summed E-state index contributed by atoms with van der Waals surface area (Å²) in [5, 5.41) is 17.6. The summed E-state index contributed by atoms with van der Waals surface area (Å²) in [6.45, 7) is 0.867. The van der Waals surface area contributed by atoms with E-state index >= 15 is 0 Å². The molecule has 0 aromatic heterocycles. The van der Waals surface area contributed by atoms with Gasteiger partial charge in [0, 0.05) is 18.7 Å². The Kier molecular flexibility index (Phi) is 3.25. The van der Waals surface area contributed by atoms with Gasteiger partial charge in [0.05, 0.1) is 22.3 Å². The minimum absolute atomic E-state index is 0.126. The molecule has 1 heterocycles. The molecule has 0 fully saturated rings. The van der Waals surface area contributed by atoms with Gasteiger partial charge in [-0.1, -0.05) is 24.3 Å². The van der Waals surface area contributed by atoms with E-state index < -0.39 is 0 Å². The zero-order valence-electron chi connectivity index (χ0n) is 10.9. The molecule has 0 saturated heterocycles. The molecule has 0 bridgehead atoms. The van der Waals surface area contributed by atoms with Crippen molar-refractivity contribution in [3.05, 3.63) is 64.2 Å². The highest BCUT2D eigenvalue weighted by atomic mass is 16.6. The van der Waals surface area contributed by atoms with E-state index in [1.165, 1.54) is 0 Å². The van der Waals surface area contributed by atoms with Gasteiger partial charge in [-0.05, 0) is 24.1 Å². The van der Waals surface area contributed by atoms with Crippen LogP contribution < -0.4 is 10.6 Å². The lowest BCUT2D eigenvalue weighted by Gasteiger charge is -2.17. The summed E-state index contributed by atoms with van der Waals surface area (Å²) >= 11 is 0. The normalized spacial score (nSPS) is 17.3. The van der Waals surface area contributed by atoms with Crippen LogP contribution in [0.15, 0.2) is 48.5 Å². The lowest BCUT2D eigenvalue weighted by Crippen LogP contribution is -2.11. The molecule has 0 aliphatic carbocycles. The smallest absolute Gasteiger partial charge is 0.269 e. The van der Waals surface area contributed by atoms with Crippen LogP contribution in [0.1, 0.15) is 18.0 Å². The molecule has 2 aromatic rings. The Balaban J connectivity index is 1.85. The number of anilines is 2. The number of nitro benzene ring substituents is 1. The van der Waals surface area contributed by atoms with Crippen LogP contribution in [0.4, 0.5) is 17.1 Å². The molecule has 20 heavy (non-hydrogen) atoms. The Morgan fingerprint density at radius 3 is 2.45 bits per heavy atom. The Morgan fingerprint density at radius 2 is 1.75 bits per heavy atom. The maximum absolute atomic E-state index is 10.7. The number of para-hydroxylation sites is 2. The maximum atomic E-state index is 10.7. The van der Waals surface area contributed by atoms with Crippen LogP contribution in [0, 0.1) is 10.1 Å². The highest BCUT2D eigenvalue weighted by Gasteiger charge is 2.17. The Labute approximate surface area is 116 Å². The summed E-state index contributed by atoms with van der Waals surface area (Å²) in [6.07, 6.45) is 0.923. The van der Waals surface area contributed by atoms with E-state index in [2.05, 4.69) is 10.6 Å². The van der Waals surface area contributed by atoms with E-state index in [1.54, 1.807) is 12.1 Å². The molecule has 1 unspecified atom stereocenters. The first-order valence-corrected chi connectivity index (χ1v) is 6.58. The number of nitrogens with zero attached hydrogens (tertiary/aromatic N) is 1. The molecule has 102 valence electrons. The van der Waals surface area contributed by atoms with Crippen LogP contribution in [0.3, 0.4) is 0 Å². The van der Waals surface area contributed by atoms with Gasteiger partial charge in [0.25, 0.3) is 5.69 Å². The summed E-state index contributed by atoms with van der Waals surface area (Å²) in [5.74, 6) is 0. The fraction of sp³-hybridized carbons (Fsp3) is 0.200. The molecule has 0 saturated carbocycles. The fourth-order valence-electron chi connectivity index (χ4n) is 2.45. The van der Waals surface area contributed by atoms with Crippen molar-refractivity contribution in [2.24, 2.45) is 0 Å². The van der Waals surface area contributed by atoms with Gasteiger partial charge in [-0.15, -0.1) is 0 Å². The molecule has 0 amide bonds. The molecule has 1 aliphatic heterocycles. The van der Waals surface area contributed by atoms with E-state index in [9.17, 15) is 10.1 Å². The number of fused-ring (bicyclic) bond motifs is 1. The summed E-state index contributed by atoms with van der Waals surface area (Å²) in [6, 6.07) is 15.0. The predicted octanol–water partition coefficient (Wildman–Crippen LogP) is 3.56. The molecule has 1 aliphatic rings. The van der Waals surface area contributed by atoms with Crippen molar-refractivity contribution in [1.82, 2.24) is 0 Å². The summed E-state index contributed by atoms with van der Waals surface area (Å²) in [7, 11) is 0. The van der Waals surface area contributed by atoms with Gasteiger partial charge >= 0.3 is 0 Å². The van der Waals surface area contributed by atoms with Gasteiger partial charge in [0.2, 0.25) is 0 Å². The average molecular weight is 269 g/mol. The van der Waals surface area contributed by atoms with E-state index in [0.29, 0.717) is 0 Å². The van der Waals surface area contributed by atoms with E-state index in [-0.39, 0.29) is 16.7 Å². The fourth-order valence-corrected chi connectivity index (χ4v) is 2.45. The number of nitro groups is 1. The number of nitrogens with one attached hydrogen (secondary N) is 2. The Hall–Kier alpha value is -2.56. The number of non-ortho nitro benzene ring substituents is 1. The number of rotatable bonds is 2. The third-order valence-corrected chi connectivity index (χ3v) is 3.51. The van der Waals surface area contributed by atoms with Gasteiger partial charge < -0.3 is 10.6 Å². The SMILES string of the molecule is O=[N+]([O-])c1ccc(C2CCNc3ccccc3N2)cc1. The lowest BCUT2D eigenvalue weighted by molar-refractivity contribution is -0.384. The molecule has 0 spiro atoms. The van der Waals surface area contributed by atoms with Crippen molar-refractivity contribution in [3.63, 3.8) is 0 Å². The molecular weight excluding hydrogens is 254 g/mol. The second-order valence-corrected chi connectivity index (χ2v) is 4.81. The topological polar surface area (TPSA) is 67.2 Å². The number of benzene rings is 2. The Bertz CT molecular complexity index is 625. The lowest BCUT2D eigenvalue weighted by atomic mass is 10.0. The van der Waals surface area contributed by atoms with Crippen LogP contribution in [0.5, 0.6) is 0 Å². The van der Waals surface area contributed by atoms with Crippen LogP contribution in [-0.4, -0.2) is 11.5 Å². The van der Waals surface area contributed by atoms with Gasteiger partial charge in [0.1, 0.15) is 0 Å². The minimum atomic E-state index is -0.374. The first-order chi connectivity index (χ1) is 9.74. The molecule has 5 heteroatoms. The molecule has 2 aromatic carbocycles. The summed E-state index contributed by atoms with van der Waals surface area (Å²) < 4.78 is 0. The van der Waals surface area contributed by atoms with Crippen molar-refractivity contribution in [2.45, 2.75) is 12.5 Å². The van der Waals surface area contributed by atoms with Gasteiger partial charge in [0.15, 0.2) is 0 Å². The first-order valence-electron chi connectivity index (χ1n) is 6.58. The van der Waals surface area contributed by atoms with Gasteiger partial charge in [-0.2, -0.15) is 0 Å². The monoisotopic (exact) mass is 269 g/mol. The Morgan fingerprint density at radius 1 is 1.05 bits per heavy atom.